The van der Waals surface area contributed by atoms with Crippen molar-refractivity contribution in [1.82, 2.24) is 4.90 Å². The third kappa shape index (κ3) is 5.18. The molecule has 7 heteroatoms. The SMILES string of the molecule is CN1c2ccccc2Sc2c(CN3C(=O)c4ccc(C(O[SiH2]C(C)(C)C)(c5ccccc5)c5ccccc5)cc4C3=O)cccc21. The van der Waals surface area contributed by atoms with E-state index in [0.717, 1.165) is 43.4 Å². The van der Waals surface area contributed by atoms with E-state index in [0.29, 0.717) is 11.1 Å². The molecule has 0 aliphatic carbocycles. The maximum atomic E-state index is 14.2. The van der Waals surface area contributed by atoms with E-state index in [1.54, 1.807) is 11.8 Å². The van der Waals surface area contributed by atoms with E-state index in [4.69, 9.17) is 4.43 Å². The van der Waals surface area contributed by atoms with E-state index in [1.165, 1.54) is 4.90 Å². The molecule has 0 bridgehead atoms. The monoisotopic (exact) mass is 640 g/mol. The molecule has 0 spiro atoms. The summed E-state index contributed by atoms with van der Waals surface area (Å²) in [6.45, 7) is 6.82. The lowest BCUT2D eigenvalue weighted by molar-refractivity contribution is 0.0641. The Kier molecular flexibility index (Phi) is 7.71. The molecule has 2 aliphatic heterocycles. The molecule has 7 rings (SSSR count). The van der Waals surface area contributed by atoms with Gasteiger partial charge in [-0.15, -0.1) is 0 Å². The van der Waals surface area contributed by atoms with Crippen LogP contribution in [0.25, 0.3) is 0 Å². The molecule has 0 fully saturated rings. The highest BCUT2D eigenvalue weighted by molar-refractivity contribution is 7.99. The molecule has 230 valence electrons. The average Bonchev–Trinajstić information content (AvgIpc) is 3.30. The van der Waals surface area contributed by atoms with Crippen molar-refractivity contribution in [3.05, 3.63) is 155 Å². The number of carbonyl (C=O) groups is 2. The fraction of sp³-hybridized carbons (Fsp3) is 0.179. The number of rotatable bonds is 7. The molecule has 0 N–H and O–H groups in total. The van der Waals surface area contributed by atoms with Crippen LogP contribution >= 0.6 is 11.8 Å². The Labute approximate surface area is 277 Å². The summed E-state index contributed by atoms with van der Waals surface area (Å²) in [6, 6.07) is 40.5. The first-order valence-corrected chi connectivity index (χ1v) is 17.7. The second-order valence-electron chi connectivity index (χ2n) is 13.1. The minimum absolute atomic E-state index is 0.0234. The second kappa shape index (κ2) is 11.7. The van der Waals surface area contributed by atoms with E-state index in [-0.39, 0.29) is 23.4 Å². The van der Waals surface area contributed by atoms with E-state index in [9.17, 15) is 9.59 Å². The predicted molar refractivity (Wildman–Crippen MR) is 188 cm³/mol. The minimum Gasteiger partial charge on any atom is -0.406 e. The van der Waals surface area contributed by atoms with Gasteiger partial charge in [0.25, 0.3) is 11.8 Å². The van der Waals surface area contributed by atoms with E-state index < -0.39 is 15.4 Å². The van der Waals surface area contributed by atoms with Gasteiger partial charge in [-0.25, -0.2) is 0 Å². The Morgan fingerprint density at radius 1 is 0.674 bits per heavy atom. The number of fused-ring (bicyclic) bond motifs is 3. The van der Waals surface area contributed by atoms with Crippen molar-refractivity contribution in [2.45, 2.75) is 47.7 Å². The molecule has 0 saturated carbocycles. The molecule has 0 saturated heterocycles. The topological polar surface area (TPSA) is 49.9 Å². The van der Waals surface area contributed by atoms with Gasteiger partial charge >= 0.3 is 0 Å². The number of para-hydroxylation sites is 1. The molecule has 0 radical (unpaired) electrons. The first-order chi connectivity index (χ1) is 22.2. The van der Waals surface area contributed by atoms with E-state index in [2.05, 4.69) is 75.2 Å². The summed E-state index contributed by atoms with van der Waals surface area (Å²) in [5, 5.41) is 0.0234. The van der Waals surface area contributed by atoms with Crippen LogP contribution in [-0.2, 0) is 16.6 Å². The summed E-state index contributed by atoms with van der Waals surface area (Å²) in [7, 11) is 0.983. The highest BCUT2D eigenvalue weighted by atomic mass is 32.2. The third-order valence-electron chi connectivity index (χ3n) is 8.66. The van der Waals surface area contributed by atoms with Gasteiger partial charge in [-0.05, 0) is 57.6 Å². The zero-order valence-corrected chi connectivity index (χ0v) is 28.7. The van der Waals surface area contributed by atoms with Crippen LogP contribution in [0, 0.1) is 0 Å². The Bertz CT molecular complexity index is 1920. The molecule has 2 aliphatic rings. The van der Waals surface area contributed by atoms with Gasteiger partial charge in [0.2, 0.25) is 0 Å². The van der Waals surface area contributed by atoms with Crippen molar-refractivity contribution in [1.29, 1.82) is 0 Å². The van der Waals surface area contributed by atoms with Gasteiger partial charge in [-0.1, -0.05) is 124 Å². The highest BCUT2D eigenvalue weighted by Gasteiger charge is 2.42. The van der Waals surface area contributed by atoms with Gasteiger partial charge in [0.15, 0.2) is 9.76 Å². The van der Waals surface area contributed by atoms with Crippen LogP contribution in [0.2, 0.25) is 5.04 Å². The molecule has 0 atom stereocenters. The predicted octanol–water partition coefficient (Wildman–Crippen LogP) is 8.33. The normalized spacial score (nSPS) is 14.5. The van der Waals surface area contributed by atoms with Crippen molar-refractivity contribution in [3.8, 4) is 0 Å². The number of nitrogens with zero attached hydrogens (tertiary/aromatic N) is 2. The van der Waals surface area contributed by atoms with E-state index in [1.807, 2.05) is 78.9 Å². The van der Waals surface area contributed by atoms with Crippen LogP contribution in [0.3, 0.4) is 0 Å². The van der Waals surface area contributed by atoms with Crippen LogP contribution in [0.15, 0.2) is 131 Å². The van der Waals surface area contributed by atoms with Gasteiger partial charge in [0.1, 0.15) is 5.60 Å². The number of anilines is 2. The summed E-state index contributed by atoms with van der Waals surface area (Å²) < 4.78 is 7.12. The molecule has 46 heavy (non-hydrogen) atoms. The molecule has 0 unspecified atom stereocenters. The summed E-state index contributed by atoms with van der Waals surface area (Å²) >= 11 is 1.69. The van der Waals surface area contributed by atoms with Crippen molar-refractivity contribution in [3.63, 3.8) is 0 Å². The lowest BCUT2D eigenvalue weighted by Gasteiger charge is -2.38. The smallest absolute Gasteiger partial charge is 0.261 e. The molecule has 5 aromatic rings. The number of hydrogen-bond donors (Lipinski definition) is 0. The lowest BCUT2D eigenvalue weighted by Crippen LogP contribution is -2.36. The van der Waals surface area contributed by atoms with Crippen LogP contribution in [0.1, 0.15) is 63.7 Å². The van der Waals surface area contributed by atoms with E-state index >= 15 is 0 Å². The molecular weight excluding hydrogens is 605 g/mol. The van der Waals surface area contributed by atoms with Gasteiger partial charge in [-0.3, -0.25) is 14.5 Å². The average molecular weight is 641 g/mol. The van der Waals surface area contributed by atoms with Gasteiger partial charge in [-0.2, -0.15) is 0 Å². The Hall–Kier alpha value is -4.43. The molecule has 2 amide bonds. The van der Waals surface area contributed by atoms with Crippen molar-refractivity contribution < 1.29 is 14.0 Å². The zero-order valence-electron chi connectivity index (χ0n) is 26.5. The molecular formula is C39H36N2O3SSi. The summed E-state index contributed by atoms with van der Waals surface area (Å²) in [6.07, 6.45) is 0. The lowest BCUT2D eigenvalue weighted by atomic mass is 9.79. The van der Waals surface area contributed by atoms with Crippen LogP contribution in [0.4, 0.5) is 11.4 Å². The minimum atomic E-state index is -1.07. The first-order valence-electron chi connectivity index (χ1n) is 15.6. The van der Waals surface area contributed by atoms with Crippen LogP contribution in [0.5, 0.6) is 0 Å². The summed E-state index contributed by atoms with van der Waals surface area (Å²) in [4.78, 5) is 33.8. The Balaban J connectivity index is 1.29. The van der Waals surface area contributed by atoms with Crippen molar-refractivity contribution >= 4 is 44.7 Å². The molecule has 2 heterocycles. The standard InChI is InChI=1S/C39H36N2O3SSi/c1-38(2,3)46-44-39(27-15-7-5-8-16-27,28-17-9-6-10-18-28)29-22-23-30-31(24-29)37(43)41(36(30)42)25-26-14-13-20-33-35(26)45-34-21-12-11-19-32(34)40(33)4/h5-24H,25,46H2,1-4H3. The maximum absolute atomic E-state index is 14.2. The number of carbonyl (C=O) groups excluding carboxylic acids is 2. The maximum Gasteiger partial charge on any atom is 0.261 e. The Morgan fingerprint density at radius 3 is 1.96 bits per heavy atom. The van der Waals surface area contributed by atoms with Gasteiger partial charge < -0.3 is 9.33 Å². The largest absolute Gasteiger partial charge is 0.406 e. The number of hydrogen-bond acceptors (Lipinski definition) is 5. The molecule has 5 aromatic carbocycles. The van der Waals surface area contributed by atoms with Gasteiger partial charge in [0, 0.05) is 16.8 Å². The fourth-order valence-electron chi connectivity index (χ4n) is 6.38. The van der Waals surface area contributed by atoms with Crippen molar-refractivity contribution in [2.75, 3.05) is 11.9 Å². The summed E-state index contributed by atoms with van der Waals surface area (Å²) in [5.41, 5.74) is 5.89. The number of benzene rings is 5. The van der Waals surface area contributed by atoms with Crippen LogP contribution < -0.4 is 4.90 Å². The second-order valence-corrected chi connectivity index (χ2v) is 16.9. The van der Waals surface area contributed by atoms with Crippen molar-refractivity contribution in [2.24, 2.45) is 0 Å². The quantitative estimate of drug-likeness (QED) is 0.102. The Morgan fingerprint density at radius 2 is 1.28 bits per heavy atom. The molecule has 5 nitrogen and oxygen atoms in total. The molecule has 0 aromatic heterocycles. The van der Waals surface area contributed by atoms with Crippen LogP contribution in [-0.4, -0.2) is 33.5 Å². The zero-order chi connectivity index (χ0) is 32.1. The highest BCUT2D eigenvalue weighted by Crippen LogP contribution is 2.49. The van der Waals surface area contributed by atoms with Gasteiger partial charge in [0.05, 0.1) is 29.0 Å². The fourth-order valence-corrected chi connectivity index (χ4v) is 8.78. The number of amides is 2. The number of imide groups is 1. The third-order valence-corrected chi connectivity index (χ3v) is 11.3. The summed E-state index contributed by atoms with van der Waals surface area (Å²) in [5.74, 6) is -0.550. The first kappa shape index (κ1) is 30.2.